The molecule has 2 nitrogen and oxygen atoms in total. The lowest BCUT2D eigenvalue weighted by Gasteiger charge is -2.36. The summed E-state index contributed by atoms with van der Waals surface area (Å²) in [6.45, 7) is 5.47. The second-order valence-electron chi connectivity index (χ2n) is 5.04. The van der Waals surface area contributed by atoms with Gasteiger partial charge in [-0.25, -0.2) is 0 Å². The average molecular weight is 288 g/mol. The lowest BCUT2D eigenvalue weighted by atomic mass is 9.92. The molecule has 0 aliphatic heterocycles. The second kappa shape index (κ2) is 6.64. The van der Waals surface area contributed by atoms with Crippen molar-refractivity contribution in [3.63, 3.8) is 0 Å². The molecule has 0 radical (unpaired) electrons. The van der Waals surface area contributed by atoms with Crippen molar-refractivity contribution < 1.29 is 18.0 Å². The van der Waals surface area contributed by atoms with Crippen LogP contribution in [0.2, 0.25) is 0 Å². The van der Waals surface area contributed by atoms with Gasteiger partial charge in [-0.15, -0.1) is 11.6 Å². The Hall–Kier alpha value is -0.450. The third kappa shape index (κ3) is 5.04. The van der Waals surface area contributed by atoms with Crippen LogP contribution in [0.1, 0.15) is 40.5 Å². The first-order valence-electron chi connectivity index (χ1n) is 6.02. The number of hydrogen-bond acceptors (Lipinski definition) is 1. The van der Waals surface area contributed by atoms with Crippen LogP contribution in [0, 0.1) is 5.41 Å². The highest BCUT2D eigenvalue weighted by Gasteiger charge is 2.40. The van der Waals surface area contributed by atoms with Gasteiger partial charge in [0.25, 0.3) is 0 Å². The van der Waals surface area contributed by atoms with Crippen molar-refractivity contribution in [3.05, 3.63) is 0 Å². The molecular formula is C12H21ClF3NO. The van der Waals surface area contributed by atoms with Gasteiger partial charge in [0.2, 0.25) is 5.91 Å². The minimum atomic E-state index is -4.39. The van der Waals surface area contributed by atoms with Gasteiger partial charge in [0, 0.05) is 11.9 Å². The van der Waals surface area contributed by atoms with Crippen molar-refractivity contribution in [1.82, 2.24) is 4.90 Å². The van der Waals surface area contributed by atoms with Crippen molar-refractivity contribution >= 4 is 17.5 Å². The van der Waals surface area contributed by atoms with Crippen LogP contribution in [-0.2, 0) is 4.79 Å². The topological polar surface area (TPSA) is 20.3 Å². The maximum atomic E-state index is 12.6. The van der Waals surface area contributed by atoms with E-state index in [0.717, 1.165) is 4.90 Å². The molecule has 0 bridgehead atoms. The van der Waals surface area contributed by atoms with E-state index in [1.165, 1.54) is 0 Å². The molecule has 0 fully saturated rings. The quantitative estimate of drug-likeness (QED) is 0.680. The number of alkyl halides is 4. The monoisotopic (exact) mass is 287 g/mol. The molecule has 0 N–H and O–H groups in total. The summed E-state index contributed by atoms with van der Waals surface area (Å²) >= 11 is 5.67. The van der Waals surface area contributed by atoms with Crippen LogP contribution in [0.15, 0.2) is 0 Å². The molecule has 108 valence electrons. The van der Waals surface area contributed by atoms with E-state index in [-0.39, 0.29) is 5.88 Å². The van der Waals surface area contributed by atoms with Crippen LogP contribution < -0.4 is 0 Å². The Bertz CT molecular complexity index is 275. The third-order valence-electron chi connectivity index (χ3n) is 2.91. The first kappa shape index (κ1) is 17.6. The molecule has 0 heterocycles. The number of hydrogen-bond donors (Lipinski definition) is 0. The van der Waals surface area contributed by atoms with E-state index in [1.54, 1.807) is 27.7 Å². The van der Waals surface area contributed by atoms with Crippen LogP contribution in [0.25, 0.3) is 0 Å². The van der Waals surface area contributed by atoms with Gasteiger partial charge in [-0.1, -0.05) is 13.8 Å². The fraction of sp³-hybridized carbons (Fsp3) is 0.917. The Morgan fingerprint density at radius 1 is 1.22 bits per heavy atom. The SMILES string of the molecule is CCC(CC)N(CC(F)(F)F)C(=O)C(C)(C)CCl. The maximum absolute atomic E-state index is 12.6. The molecule has 0 atom stereocenters. The summed E-state index contributed by atoms with van der Waals surface area (Å²) in [5.74, 6) is -0.538. The van der Waals surface area contributed by atoms with Crippen LogP contribution in [0.5, 0.6) is 0 Å². The zero-order valence-electron chi connectivity index (χ0n) is 11.3. The number of halogens is 4. The zero-order chi connectivity index (χ0) is 14.6. The third-order valence-corrected chi connectivity index (χ3v) is 3.57. The Morgan fingerprint density at radius 2 is 1.67 bits per heavy atom. The molecule has 0 saturated heterocycles. The number of amides is 1. The standard InChI is InChI=1S/C12H21ClF3NO/c1-5-9(6-2)17(8-12(14,15)16)10(18)11(3,4)7-13/h9H,5-8H2,1-4H3. The van der Waals surface area contributed by atoms with Crippen molar-refractivity contribution in [3.8, 4) is 0 Å². The molecule has 6 heteroatoms. The van der Waals surface area contributed by atoms with Gasteiger partial charge in [0.05, 0.1) is 5.41 Å². The molecule has 0 spiro atoms. The number of carbonyl (C=O) groups excluding carboxylic acids is 1. The predicted molar refractivity (Wildman–Crippen MR) is 66.6 cm³/mol. The molecular weight excluding hydrogens is 267 g/mol. The van der Waals surface area contributed by atoms with Crippen LogP contribution >= 0.6 is 11.6 Å². The molecule has 0 aliphatic rings. The summed E-state index contributed by atoms with van der Waals surface area (Å²) in [7, 11) is 0. The second-order valence-corrected chi connectivity index (χ2v) is 5.30. The Balaban J connectivity index is 5.15. The van der Waals surface area contributed by atoms with Gasteiger partial charge in [-0.05, 0) is 26.7 Å². The summed E-state index contributed by atoms with van der Waals surface area (Å²) in [4.78, 5) is 13.1. The first-order chi connectivity index (χ1) is 8.09. The van der Waals surface area contributed by atoms with Crippen LogP contribution in [0.4, 0.5) is 13.2 Å². The van der Waals surface area contributed by atoms with Gasteiger partial charge in [0.15, 0.2) is 0 Å². The normalized spacial score (nSPS) is 12.9. The van der Waals surface area contributed by atoms with E-state index in [9.17, 15) is 18.0 Å². The molecule has 0 aliphatic carbocycles. The first-order valence-corrected chi connectivity index (χ1v) is 6.56. The molecule has 1 amide bonds. The molecule has 0 unspecified atom stereocenters. The Labute approximate surface area is 111 Å². The van der Waals surface area contributed by atoms with Crippen molar-refractivity contribution in [2.24, 2.45) is 5.41 Å². The van der Waals surface area contributed by atoms with Crippen molar-refractivity contribution in [1.29, 1.82) is 0 Å². The van der Waals surface area contributed by atoms with Gasteiger partial charge in [-0.3, -0.25) is 4.79 Å². The summed E-state index contributed by atoms with van der Waals surface area (Å²) in [5, 5.41) is 0. The van der Waals surface area contributed by atoms with E-state index in [4.69, 9.17) is 11.6 Å². The van der Waals surface area contributed by atoms with E-state index >= 15 is 0 Å². The number of nitrogens with zero attached hydrogens (tertiary/aromatic N) is 1. The largest absolute Gasteiger partial charge is 0.406 e. The molecule has 0 saturated carbocycles. The van der Waals surface area contributed by atoms with Crippen molar-refractivity contribution in [2.75, 3.05) is 12.4 Å². The molecule has 0 aromatic carbocycles. The smallest absolute Gasteiger partial charge is 0.330 e. The highest BCUT2D eigenvalue weighted by molar-refractivity contribution is 6.19. The molecule has 0 aromatic heterocycles. The fourth-order valence-corrected chi connectivity index (χ4v) is 1.85. The summed E-state index contributed by atoms with van der Waals surface area (Å²) in [6.07, 6.45) is -3.39. The number of rotatable bonds is 6. The van der Waals surface area contributed by atoms with Crippen LogP contribution in [0.3, 0.4) is 0 Å². The molecule has 18 heavy (non-hydrogen) atoms. The van der Waals surface area contributed by atoms with E-state index in [1.807, 2.05) is 0 Å². The fourth-order valence-electron chi connectivity index (χ4n) is 1.74. The molecule has 0 aromatic rings. The van der Waals surface area contributed by atoms with Gasteiger partial charge >= 0.3 is 6.18 Å². The van der Waals surface area contributed by atoms with Gasteiger partial charge in [-0.2, -0.15) is 13.2 Å². The number of carbonyl (C=O) groups is 1. The van der Waals surface area contributed by atoms with E-state index in [2.05, 4.69) is 0 Å². The summed E-state index contributed by atoms with van der Waals surface area (Å²) in [5.41, 5.74) is -0.977. The van der Waals surface area contributed by atoms with E-state index in [0.29, 0.717) is 12.8 Å². The summed E-state index contributed by atoms with van der Waals surface area (Å²) < 4.78 is 37.7. The minimum Gasteiger partial charge on any atom is -0.330 e. The maximum Gasteiger partial charge on any atom is 0.406 e. The zero-order valence-corrected chi connectivity index (χ0v) is 12.0. The Morgan fingerprint density at radius 3 is 1.94 bits per heavy atom. The molecule has 0 rings (SSSR count). The summed E-state index contributed by atoms with van der Waals surface area (Å²) in [6, 6.07) is -0.401. The highest BCUT2D eigenvalue weighted by Crippen LogP contribution is 2.27. The predicted octanol–water partition coefficient (Wildman–Crippen LogP) is 3.83. The average Bonchev–Trinajstić information content (AvgIpc) is 2.26. The van der Waals surface area contributed by atoms with Crippen LogP contribution in [-0.4, -0.2) is 35.4 Å². The van der Waals surface area contributed by atoms with Gasteiger partial charge < -0.3 is 4.90 Å². The minimum absolute atomic E-state index is 0.000336. The highest BCUT2D eigenvalue weighted by atomic mass is 35.5. The lowest BCUT2D eigenvalue weighted by molar-refractivity contribution is -0.171. The van der Waals surface area contributed by atoms with Crippen molar-refractivity contribution in [2.45, 2.75) is 52.8 Å². The Kier molecular flexibility index (Phi) is 6.47. The van der Waals surface area contributed by atoms with Gasteiger partial charge in [0.1, 0.15) is 6.54 Å². The lowest BCUT2D eigenvalue weighted by Crippen LogP contribution is -2.50. The van der Waals surface area contributed by atoms with E-state index < -0.39 is 30.1 Å².